The van der Waals surface area contributed by atoms with E-state index in [4.69, 9.17) is 25.2 Å². The number of nitrogen functional groups attached to an aromatic ring is 1. The van der Waals surface area contributed by atoms with Crippen LogP contribution in [0, 0.1) is 23.1 Å². The second-order valence-corrected chi connectivity index (χ2v) is 16.1. The molecule has 2 bridgehead atoms. The summed E-state index contributed by atoms with van der Waals surface area (Å²) in [6.45, 7) is 6.83. The lowest BCUT2D eigenvalue weighted by Gasteiger charge is -2.34. The molecule has 4 aromatic rings. The van der Waals surface area contributed by atoms with Gasteiger partial charge in [-0.2, -0.15) is 15.2 Å². The molecule has 0 aliphatic carbocycles. The first-order valence-electron chi connectivity index (χ1n) is 17.8. The molecule has 2 unspecified atom stereocenters. The molecule has 5 aliphatic heterocycles. The van der Waals surface area contributed by atoms with Gasteiger partial charge >= 0.3 is 6.01 Å². The predicted molar refractivity (Wildman–Crippen MR) is 188 cm³/mol. The topological polar surface area (TPSA) is 124 Å². The number of halogens is 2. The number of aromatic nitrogens is 2. The Morgan fingerprint density at radius 2 is 2.06 bits per heavy atom. The Hall–Kier alpha value is -3.67. The molecule has 4 fully saturated rings. The van der Waals surface area contributed by atoms with Gasteiger partial charge in [0.1, 0.15) is 35.2 Å². The Balaban J connectivity index is 1.22. The number of hydrogen-bond donors (Lipinski definition) is 2. The summed E-state index contributed by atoms with van der Waals surface area (Å²) in [5, 5.41) is 21.9. The first kappa shape index (κ1) is 32.3. The smallest absolute Gasteiger partial charge is 0.319 e. The van der Waals surface area contributed by atoms with E-state index in [-0.39, 0.29) is 37.4 Å². The molecular weight excluding hydrogens is 661 g/mol. The molecule has 5 atom stereocenters. The minimum atomic E-state index is -0.904. The van der Waals surface area contributed by atoms with Crippen molar-refractivity contribution in [3.8, 4) is 23.2 Å². The van der Waals surface area contributed by atoms with E-state index in [9.17, 15) is 14.8 Å². The zero-order valence-electron chi connectivity index (χ0n) is 28.1. The number of likely N-dealkylation sites (tertiary alicyclic amines) is 1. The van der Waals surface area contributed by atoms with E-state index < -0.39 is 23.6 Å². The highest BCUT2D eigenvalue weighted by molar-refractivity contribution is 7.23. The highest BCUT2D eigenvalue weighted by atomic mass is 32.1. The van der Waals surface area contributed by atoms with Gasteiger partial charge in [-0.25, -0.2) is 8.78 Å². The molecule has 262 valence electrons. The Bertz CT molecular complexity index is 2050. The maximum atomic E-state index is 17.5. The minimum absolute atomic E-state index is 0.0792. The molecule has 3 N–H and O–H groups in total. The summed E-state index contributed by atoms with van der Waals surface area (Å²) < 4.78 is 45.5. The largest absolute Gasteiger partial charge is 0.461 e. The van der Waals surface area contributed by atoms with Crippen molar-refractivity contribution in [3.05, 3.63) is 40.7 Å². The maximum absolute atomic E-state index is 17.5. The van der Waals surface area contributed by atoms with E-state index >= 15 is 4.39 Å². The van der Waals surface area contributed by atoms with Crippen molar-refractivity contribution in [3.63, 3.8) is 0 Å². The van der Waals surface area contributed by atoms with Crippen LogP contribution in [0.4, 0.5) is 19.6 Å². The lowest BCUT2D eigenvalue weighted by molar-refractivity contribution is 0.107. The van der Waals surface area contributed by atoms with Crippen molar-refractivity contribution < 1.29 is 23.4 Å². The molecule has 13 heteroatoms. The number of nitriles is 1. The minimum Gasteiger partial charge on any atom is -0.461 e. The second-order valence-electron chi connectivity index (χ2n) is 15.0. The molecular formula is C37H41F2N7O3S. The van der Waals surface area contributed by atoms with Crippen LogP contribution in [-0.4, -0.2) is 94.6 Å². The fraction of sp³-hybridized carbons (Fsp3) is 0.541. The molecule has 2 aromatic heterocycles. The normalized spacial score (nSPS) is 27.2. The summed E-state index contributed by atoms with van der Waals surface area (Å²) in [5.74, 6) is 0.549. The monoisotopic (exact) mass is 701 g/mol. The summed E-state index contributed by atoms with van der Waals surface area (Å²) >= 11 is 1.32. The van der Waals surface area contributed by atoms with Crippen molar-refractivity contribution in [2.75, 3.05) is 56.5 Å². The van der Waals surface area contributed by atoms with Crippen LogP contribution in [0.15, 0.2) is 18.2 Å². The van der Waals surface area contributed by atoms with Crippen molar-refractivity contribution in [2.45, 2.75) is 76.1 Å². The Kier molecular flexibility index (Phi) is 7.89. The molecule has 7 heterocycles. The number of thiophene rings is 1. The summed E-state index contributed by atoms with van der Waals surface area (Å²) in [6, 6.07) is 8.03. The number of rotatable bonds is 7. The average molecular weight is 702 g/mol. The molecule has 10 nitrogen and oxygen atoms in total. The highest BCUT2D eigenvalue weighted by Gasteiger charge is 2.49. The van der Waals surface area contributed by atoms with Gasteiger partial charge in [0.05, 0.1) is 35.8 Å². The summed E-state index contributed by atoms with van der Waals surface area (Å²) in [6.07, 6.45) is 2.86. The zero-order chi connectivity index (χ0) is 34.3. The van der Waals surface area contributed by atoms with Crippen LogP contribution < -0.4 is 15.4 Å². The van der Waals surface area contributed by atoms with Gasteiger partial charge in [-0.1, -0.05) is 12.1 Å². The SMILES string of the molecule is C[C@@H](O)CN1CCC2CC(C1)N(c1nc(OC[C@@]34CCCN3C[C@H](F)C4)nc3c(F)c(-c4cccc5sc(N)c(C#N)c45)c4c(c13)COC4)C2. The van der Waals surface area contributed by atoms with Crippen molar-refractivity contribution in [2.24, 2.45) is 5.92 Å². The third-order valence-corrected chi connectivity index (χ3v) is 12.7. The fourth-order valence-corrected chi connectivity index (χ4v) is 10.6. The van der Waals surface area contributed by atoms with Gasteiger partial charge in [0.25, 0.3) is 0 Å². The molecule has 0 saturated carbocycles. The fourth-order valence-electron chi connectivity index (χ4n) is 9.63. The van der Waals surface area contributed by atoms with Gasteiger partial charge in [0.2, 0.25) is 0 Å². The van der Waals surface area contributed by atoms with E-state index in [1.807, 2.05) is 25.1 Å². The second kappa shape index (κ2) is 12.2. The lowest BCUT2D eigenvalue weighted by atomic mass is 9.90. The maximum Gasteiger partial charge on any atom is 0.319 e. The predicted octanol–water partition coefficient (Wildman–Crippen LogP) is 5.37. The number of nitrogens with zero attached hydrogens (tertiary/aromatic N) is 6. The quantitative estimate of drug-likeness (QED) is 0.260. The molecule has 9 rings (SSSR count). The summed E-state index contributed by atoms with van der Waals surface area (Å²) in [5.41, 5.74) is 8.85. The van der Waals surface area contributed by atoms with Gasteiger partial charge in [0, 0.05) is 54.3 Å². The van der Waals surface area contributed by atoms with E-state index in [0.717, 1.165) is 67.7 Å². The number of ether oxygens (including phenoxy) is 2. The number of anilines is 2. The number of nitrogens with two attached hydrogens (primary N) is 1. The number of β-amino-alcohol motifs (C(OH)–C–C–N with tert-alkyl or cyclic N) is 1. The molecule has 0 spiro atoms. The van der Waals surface area contributed by atoms with E-state index in [1.54, 1.807) is 0 Å². The van der Waals surface area contributed by atoms with Crippen LogP contribution in [0.1, 0.15) is 55.7 Å². The number of fused-ring (bicyclic) bond motifs is 7. The van der Waals surface area contributed by atoms with Gasteiger partial charge < -0.3 is 25.2 Å². The van der Waals surface area contributed by atoms with E-state index in [0.29, 0.717) is 63.7 Å². The number of alkyl halides is 1. The van der Waals surface area contributed by atoms with Crippen LogP contribution in [0.5, 0.6) is 6.01 Å². The molecule has 4 saturated heterocycles. The standard InChI is InChI=1S/C37H41F2N7O3S/c1-20(47)13-44-9-6-21-10-23(16-44)46(14-21)35-31-27-18-48-17-26(27)30(24-4-2-5-28-29(24)25(12-40)34(41)50-28)32(39)33(31)42-36(43-35)49-19-37-7-3-8-45(37)15-22(38)11-37/h2,4-5,20-23,47H,3,6-11,13-19,41H2,1H3/t20-,21?,22-,23?,37+/m1/s1. The third kappa shape index (κ3) is 5.13. The van der Waals surface area contributed by atoms with Crippen LogP contribution in [0.2, 0.25) is 0 Å². The molecule has 0 amide bonds. The molecule has 0 radical (unpaired) electrons. The Morgan fingerprint density at radius 1 is 1.20 bits per heavy atom. The number of aliphatic hydroxyl groups is 1. The van der Waals surface area contributed by atoms with Crippen molar-refractivity contribution in [1.82, 2.24) is 19.8 Å². The van der Waals surface area contributed by atoms with Crippen LogP contribution in [0.3, 0.4) is 0 Å². The van der Waals surface area contributed by atoms with Crippen LogP contribution in [0.25, 0.3) is 32.1 Å². The van der Waals surface area contributed by atoms with Crippen molar-refractivity contribution >= 4 is 43.1 Å². The first-order chi connectivity index (χ1) is 24.2. The van der Waals surface area contributed by atoms with Crippen LogP contribution >= 0.6 is 11.3 Å². The molecule has 2 aromatic carbocycles. The van der Waals surface area contributed by atoms with Crippen molar-refractivity contribution in [1.29, 1.82) is 5.26 Å². The van der Waals surface area contributed by atoms with Gasteiger partial charge in [-0.3, -0.25) is 9.80 Å². The van der Waals surface area contributed by atoms with E-state index in [2.05, 4.69) is 20.8 Å². The average Bonchev–Trinajstić information content (AvgIpc) is 3.88. The Morgan fingerprint density at radius 3 is 2.90 bits per heavy atom. The lowest BCUT2D eigenvalue weighted by Crippen LogP contribution is -2.44. The molecule has 5 aliphatic rings. The zero-order valence-corrected chi connectivity index (χ0v) is 28.9. The van der Waals surface area contributed by atoms with Gasteiger partial charge in [0.15, 0.2) is 5.82 Å². The van der Waals surface area contributed by atoms with Gasteiger partial charge in [-0.15, -0.1) is 11.3 Å². The summed E-state index contributed by atoms with van der Waals surface area (Å²) in [4.78, 5) is 16.7. The van der Waals surface area contributed by atoms with E-state index in [1.165, 1.54) is 11.3 Å². The molecule has 50 heavy (non-hydrogen) atoms. The third-order valence-electron chi connectivity index (χ3n) is 11.7. The Labute approximate surface area is 293 Å². The first-order valence-corrected chi connectivity index (χ1v) is 18.6. The number of hydrogen-bond acceptors (Lipinski definition) is 11. The van der Waals surface area contributed by atoms with Gasteiger partial charge in [-0.05, 0) is 74.4 Å². The summed E-state index contributed by atoms with van der Waals surface area (Å²) in [7, 11) is 0. The highest BCUT2D eigenvalue weighted by Crippen LogP contribution is 2.48. The number of benzene rings is 2. The number of aliphatic hydroxyl groups excluding tert-OH is 1. The van der Waals surface area contributed by atoms with Crippen LogP contribution in [-0.2, 0) is 18.0 Å².